The maximum atomic E-state index is 6.06. The smallest absolute Gasteiger partial charge is 0.0451 e. The third-order valence-corrected chi connectivity index (χ3v) is 3.32. The molecule has 0 unspecified atom stereocenters. The van der Waals surface area contributed by atoms with Crippen LogP contribution in [-0.4, -0.2) is 12.1 Å². The summed E-state index contributed by atoms with van der Waals surface area (Å²) in [5.74, 6) is 0. The number of nitrogens with zero attached hydrogens (tertiary/aromatic N) is 1. The van der Waals surface area contributed by atoms with E-state index in [9.17, 15) is 0 Å². The molecule has 18 heavy (non-hydrogen) atoms. The van der Waals surface area contributed by atoms with Gasteiger partial charge in [0, 0.05) is 34.2 Å². The Balaban J connectivity index is 2.67. The highest BCUT2D eigenvalue weighted by atomic mass is 15.2. The van der Waals surface area contributed by atoms with Crippen LogP contribution in [0.3, 0.4) is 0 Å². The van der Waals surface area contributed by atoms with E-state index in [1.54, 1.807) is 0 Å². The van der Waals surface area contributed by atoms with Gasteiger partial charge in [0.15, 0.2) is 0 Å². The highest BCUT2D eigenvalue weighted by Crippen LogP contribution is 2.32. The molecule has 0 heterocycles. The fraction of sp³-hybridized carbons (Fsp3) is 0.375. The fourth-order valence-corrected chi connectivity index (χ4v) is 2.70. The molecule has 0 saturated carbocycles. The van der Waals surface area contributed by atoms with E-state index in [-0.39, 0.29) is 0 Å². The molecule has 2 aromatic rings. The van der Waals surface area contributed by atoms with Crippen LogP contribution in [0.25, 0.3) is 10.8 Å². The quantitative estimate of drug-likeness (QED) is 0.823. The van der Waals surface area contributed by atoms with Crippen molar-refractivity contribution in [3.8, 4) is 0 Å². The first-order chi connectivity index (χ1) is 8.52. The number of rotatable bonds is 3. The predicted octanol–water partition coefficient (Wildman–Crippen LogP) is 4.05. The first kappa shape index (κ1) is 12.7. The Bertz CT molecular complexity index is 536. The molecule has 2 N–H and O–H groups in total. The predicted molar refractivity (Wildman–Crippen MR) is 81.1 cm³/mol. The second-order valence-corrected chi connectivity index (χ2v) is 5.31. The molecule has 0 fully saturated rings. The second-order valence-electron chi connectivity index (χ2n) is 5.31. The summed E-state index contributed by atoms with van der Waals surface area (Å²) in [5, 5.41) is 2.38. The summed E-state index contributed by atoms with van der Waals surface area (Å²) in [6.07, 6.45) is 0. The maximum Gasteiger partial charge on any atom is 0.0451 e. The van der Waals surface area contributed by atoms with Crippen molar-refractivity contribution >= 4 is 22.1 Å². The zero-order valence-electron chi connectivity index (χ0n) is 11.6. The molecule has 0 spiro atoms. The third kappa shape index (κ3) is 2.15. The van der Waals surface area contributed by atoms with E-state index in [4.69, 9.17) is 5.73 Å². The van der Waals surface area contributed by atoms with Crippen molar-refractivity contribution in [2.75, 3.05) is 10.6 Å². The van der Waals surface area contributed by atoms with Crippen LogP contribution < -0.4 is 10.6 Å². The van der Waals surface area contributed by atoms with Crippen molar-refractivity contribution < 1.29 is 0 Å². The van der Waals surface area contributed by atoms with Gasteiger partial charge in [0.2, 0.25) is 0 Å². The largest absolute Gasteiger partial charge is 0.398 e. The fourth-order valence-electron chi connectivity index (χ4n) is 2.70. The zero-order chi connectivity index (χ0) is 13.3. The molecule has 0 aliphatic carbocycles. The number of hydrogen-bond donors (Lipinski definition) is 1. The molecule has 0 aliphatic rings. The lowest BCUT2D eigenvalue weighted by atomic mass is 10.0. The Morgan fingerprint density at radius 1 is 0.833 bits per heavy atom. The molecule has 0 aromatic heterocycles. The minimum Gasteiger partial charge on any atom is -0.398 e. The van der Waals surface area contributed by atoms with Gasteiger partial charge in [-0.05, 0) is 39.8 Å². The van der Waals surface area contributed by atoms with Crippen molar-refractivity contribution in [2.24, 2.45) is 0 Å². The monoisotopic (exact) mass is 242 g/mol. The summed E-state index contributed by atoms with van der Waals surface area (Å²) in [4.78, 5) is 2.43. The van der Waals surface area contributed by atoms with E-state index in [1.807, 2.05) is 12.1 Å². The van der Waals surface area contributed by atoms with Gasteiger partial charge in [0.1, 0.15) is 0 Å². The molecular weight excluding hydrogens is 220 g/mol. The van der Waals surface area contributed by atoms with Crippen LogP contribution in [0.2, 0.25) is 0 Å². The maximum absolute atomic E-state index is 6.06. The van der Waals surface area contributed by atoms with Crippen molar-refractivity contribution in [3.63, 3.8) is 0 Å². The highest BCUT2D eigenvalue weighted by Gasteiger charge is 2.16. The number of benzene rings is 2. The number of hydrogen-bond acceptors (Lipinski definition) is 2. The first-order valence-electron chi connectivity index (χ1n) is 6.58. The molecule has 0 bridgehead atoms. The lowest BCUT2D eigenvalue weighted by molar-refractivity contribution is 0.610. The minimum absolute atomic E-state index is 0.469. The Morgan fingerprint density at radius 2 is 1.39 bits per heavy atom. The van der Waals surface area contributed by atoms with Gasteiger partial charge in [-0.3, -0.25) is 0 Å². The Hall–Kier alpha value is -1.70. The normalized spacial score (nSPS) is 11.4. The summed E-state index contributed by atoms with van der Waals surface area (Å²) in [6.45, 7) is 8.91. The molecule has 0 amide bonds. The Labute approximate surface area is 109 Å². The van der Waals surface area contributed by atoms with Gasteiger partial charge in [-0.1, -0.05) is 24.3 Å². The van der Waals surface area contributed by atoms with Crippen LogP contribution in [0, 0.1) is 0 Å². The average Bonchev–Trinajstić information content (AvgIpc) is 2.29. The van der Waals surface area contributed by atoms with E-state index in [2.05, 4.69) is 56.9 Å². The molecule has 96 valence electrons. The highest BCUT2D eigenvalue weighted by molar-refractivity contribution is 6.01. The lowest BCUT2D eigenvalue weighted by Crippen LogP contribution is -2.37. The summed E-state index contributed by atoms with van der Waals surface area (Å²) in [5.41, 5.74) is 8.18. The molecule has 2 aromatic carbocycles. The number of nitrogen functional groups attached to an aromatic ring is 1. The number of nitrogens with two attached hydrogens (primary N) is 1. The third-order valence-electron chi connectivity index (χ3n) is 3.32. The van der Waals surface area contributed by atoms with Crippen LogP contribution in [0.1, 0.15) is 27.7 Å². The molecule has 2 heteroatoms. The number of fused-ring (bicyclic) bond motifs is 1. The van der Waals surface area contributed by atoms with Crippen molar-refractivity contribution in [1.82, 2.24) is 0 Å². The molecule has 0 radical (unpaired) electrons. The van der Waals surface area contributed by atoms with Gasteiger partial charge in [-0.25, -0.2) is 0 Å². The molecule has 0 saturated heterocycles. The van der Waals surface area contributed by atoms with E-state index >= 15 is 0 Å². The van der Waals surface area contributed by atoms with E-state index < -0.39 is 0 Å². The summed E-state index contributed by atoms with van der Waals surface area (Å²) in [7, 11) is 0. The van der Waals surface area contributed by atoms with Crippen molar-refractivity contribution in [2.45, 2.75) is 39.8 Å². The topological polar surface area (TPSA) is 29.3 Å². The Kier molecular flexibility index (Phi) is 3.46. The summed E-state index contributed by atoms with van der Waals surface area (Å²) in [6, 6.07) is 13.4. The second kappa shape index (κ2) is 4.89. The zero-order valence-corrected chi connectivity index (χ0v) is 11.6. The van der Waals surface area contributed by atoms with Crippen LogP contribution in [0.4, 0.5) is 11.4 Å². The van der Waals surface area contributed by atoms with Crippen LogP contribution in [-0.2, 0) is 0 Å². The molecule has 2 nitrogen and oxygen atoms in total. The van der Waals surface area contributed by atoms with E-state index in [0.717, 1.165) is 11.1 Å². The molecule has 2 rings (SSSR count). The van der Waals surface area contributed by atoms with Crippen LogP contribution >= 0.6 is 0 Å². The minimum atomic E-state index is 0.469. The number of anilines is 2. The van der Waals surface area contributed by atoms with Crippen LogP contribution in [0.15, 0.2) is 36.4 Å². The standard InChI is InChI=1S/C16H22N2/c1-11(2)18(12(3)4)16-10-6-7-13-14(16)8-5-9-15(13)17/h5-12H,17H2,1-4H3. The van der Waals surface area contributed by atoms with Gasteiger partial charge in [0.05, 0.1) is 0 Å². The molecule has 0 aliphatic heterocycles. The molecular formula is C16H22N2. The lowest BCUT2D eigenvalue weighted by Gasteiger charge is -2.34. The van der Waals surface area contributed by atoms with Gasteiger partial charge >= 0.3 is 0 Å². The van der Waals surface area contributed by atoms with Gasteiger partial charge < -0.3 is 10.6 Å². The van der Waals surface area contributed by atoms with Crippen molar-refractivity contribution in [1.29, 1.82) is 0 Å². The van der Waals surface area contributed by atoms with Crippen LogP contribution in [0.5, 0.6) is 0 Å². The van der Waals surface area contributed by atoms with Gasteiger partial charge in [-0.2, -0.15) is 0 Å². The van der Waals surface area contributed by atoms with Crippen molar-refractivity contribution in [3.05, 3.63) is 36.4 Å². The van der Waals surface area contributed by atoms with Gasteiger partial charge in [-0.15, -0.1) is 0 Å². The van der Waals surface area contributed by atoms with E-state index in [1.165, 1.54) is 11.1 Å². The van der Waals surface area contributed by atoms with E-state index in [0.29, 0.717) is 12.1 Å². The SMILES string of the molecule is CC(C)N(c1cccc2c(N)cccc12)C(C)C. The summed E-state index contributed by atoms with van der Waals surface area (Å²) >= 11 is 0. The Morgan fingerprint density at radius 3 is 2.00 bits per heavy atom. The average molecular weight is 242 g/mol. The van der Waals surface area contributed by atoms with Gasteiger partial charge in [0.25, 0.3) is 0 Å². The molecule has 0 atom stereocenters. The summed E-state index contributed by atoms with van der Waals surface area (Å²) < 4.78 is 0. The first-order valence-corrected chi connectivity index (χ1v) is 6.58.